The molecule has 0 saturated heterocycles. The molecule has 0 aliphatic heterocycles. The van der Waals surface area contributed by atoms with E-state index in [2.05, 4.69) is 17.2 Å². The topological polar surface area (TPSA) is 53.1 Å². The minimum absolute atomic E-state index is 0.174. The molecular weight excluding hydrogens is 250 g/mol. The van der Waals surface area contributed by atoms with E-state index in [0.29, 0.717) is 6.61 Å². The van der Waals surface area contributed by atoms with Crippen LogP contribution in [-0.2, 0) is 18.4 Å². The zero-order chi connectivity index (χ0) is 13.9. The average molecular weight is 273 g/mol. The quantitative estimate of drug-likeness (QED) is 0.875. The van der Waals surface area contributed by atoms with Crippen molar-refractivity contribution in [2.75, 3.05) is 0 Å². The van der Waals surface area contributed by atoms with Gasteiger partial charge in [-0.05, 0) is 18.9 Å². The van der Waals surface area contributed by atoms with E-state index in [1.807, 2.05) is 23.9 Å². The lowest BCUT2D eigenvalue weighted by Crippen LogP contribution is -2.35. The summed E-state index contributed by atoms with van der Waals surface area (Å²) in [5.41, 5.74) is 8.37. The zero-order valence-corrected chi connectivity index (χ0v) is 12.1. The minimum atomic E-state index is 0.174. The number of ether oxygens (including phenoxy) is 1. The number of para-hydroxylation sites is 1. The first-order chi connectivity index (χ1) is 9.75. The molecule has 1 aliphatic carbocycles. The van der Waals surface area contributed by atoms with E-state index < -0.39 is 0 Å². The molecule has 1 heterocycles. The molecule has 2 N–H and O–H groups in total. The Morgan fingerprint density at radius 3 is 2.95 bits per heavy atom. The Hall–Kier alpha value is -1.39. The molecule has 20 heavy (non-hydrogen) atoms. The molecule has 1 aliphatic rings. The molecule has 2 unspecified atom stereocenters. The fourth-order valence-electron chi connectivity index (χ4n) is 3.09. The number of hydrogen-bond acceptors (Lipinski definition) is 3. The molecule has 1 aromatic heterocycles. The highest BCUT2D eigenvalue weighted by atomic mass is 16.5. The van der Waals surface area contributed by atoms with E-state index in [1.165, 1.54) is 24.6 Å². The number of fused-ring (bicyclic) bond motifs is 1. The number of rotatable bonds is 3. The smallest absolute Gasteiger partial charge is 0.0960 e. The van der Waals surface area contributed by atoms with Gasteiger partial charge in [0.2, 0.25) is 0 Å². The molecule has 0 radical (unpaired) electrons. The van der Waals surface area contributed by atoms with Crippen LogP contribution in [0, 0.1) is 0 Å². The van der Waals surface area contributed by atoms with Gasteiger partial charge in [-0.15, -0.1) is 0 Å². The summed E-state index contributed by atoms with van der Waals surface area (Å²) in [6, 6.07) is 8.45. The van der Waals surface area contributed by atoms with Gasteiger partial charge in [0.1, 0.15) is 0 Å². The van der Waals surface area contributed by atoms with E-state index in [9.17, 15) is 0 Å². The largest absolute Gasteiger partial charge is 0.370 e. The number of benzene rings is 1. The Morgan fingerprint density at radius 1 is 1.25 bits per heavy atom. The highest BCUT2D eigenvalue weighted by Gasteiger charge is 2.21. The first-order valence-corrected chi connectivity index (χ1v) is 7.53. The van der Waals surface area contributed by atoms with Crippen LogP contribution in [-0.4, -0.2) is 21.9 Å². The van der Waals surface area contributed by atoms with Gasteiger partial charge in [0, 0.05) is 18.5 Å². The van der Waals surface area contributed by atoms with Gasteiger partial charge >= 0.3 is 0 Å². The van der Waals surface area contributed by atoms with Gasteiger partial charge in [-0.2, -0.15) is 5.10 Å². The van der Waals surface area contributed by atoms with E-state index >= 15 is 0 Å². The third kappa shape index (κ3) is 2.72. The van der Waals surface area contributed by atoms with E-state index in [0.717, 1.165) is 24.1 Å². The normalized spacial score (nSPS) is 23.9. The summed E-state index contributed by atoms with van der Waals surface area (Å²) in [6.45, 7) is 0.555. The van der Waals surface area contributed by atoms with Crippen molar-refractivity contribution < 1.29 is 4.74 Å². The van der Waals surface area contributed by atoms with Crippen LogP contribution in [0.1, 0.15) is 37.8 Å². The second-order valence-electron chi connectivity index (χ2n) is 5.74. The third-order valence-electron chi connectivity index (χ3n) is 4.27. The van der Waals surface area contributed by atoms with Crippen LogP contribution >= 0.6 is 0 Å². The predicted octanol–water partition coefficient (Wildman–Crippen LogP) is 2.75. The van der Waals surface area contributed by atoms with Crippen molar-refractivity contribution in [3.05, 3.63) is 30.0 Å². The maximum Gasteiger partial charge on any atom is 0.0960 e. The number of nitrogens with two attached hydrogens (primary N) is 1. The fraction of sp³-hybridized carbons (Fsp3) is 0.562. The first kappa shape index (κ1) is 13.6. The average Bonchev–Trinajstić information content (AvgIpc) is 2.64. The SMILES string of the molecule is Cn1nc(COC2CCCCCC2N)c2ccccc21. The number of hydrogen-bond donors (Lipinski definition) is 1. The standard InChI is InChI=1S/C16H23N3O/c1-19-15-9-6-5-7-12(15)14(18-19)11-20-16-10-4-2-3-8-13(16)17/h5-7,9,13,16H,2-4,8,10-11,17H2,1H3. The van der Waals surface area contributed by atoms with Gasteiger partial charge in [-0.3, -0.25) is 4.68 Å². The van der Waals surface area contributed by atoms with Crippen molar-refractivity contribution in [3.63, 3.8) is 0 Å². The lowest BCUT2D eigenvalue weighted by Gasteiger charge is -2.21. The molecule has 3 rings (SSSR count). The summed E-state index contributed by atoms with van der Waals surface area (Å²) in [4.78, 5) is 0. The molecule has 108 valence electrons. The molecule has 2 aromatic rings. The second-order valence-corrected chi connectivity index (χ2v) is 5.74. The van der Waals surface area contributed by atoms with Crippen LogP contribution in [0.15, 0.2) is 24.3 Å². The lowest BCUT2D eigenvalue weighted by atomic mass is 10.1. The van der Waals surface area contributed by atoms with Crippen molar-refractivity contribution in [2.24, 2.45) is 12.8 Å². The van der Waals surface area contributed by atoms with Crippen molar-refractivity contribution in [1.82, 2.24) is 9.78 Å². The van der Waals surface area contributed by atoms with Crippen LogP contribution in [0.25, 0.3) is 10.9 Å². The molecule has 0 bridgehead atoms. The van der Waals surface area contributed by atoms with Crippen LogP contribution in [0.4, 0.5) is 0 Å². The molecule has 0 spiro atoms. The van der Waals surface area contributed by atoms with Crippen LogP contribution < -0.4 is 5.73 Å². The van der Waals surface area contributed by atoms with Crippen molar-refractivity contribution in [3.8, 4) is 0 Å². The van der Waals surface area contributed by atoms with E-state index in [1.54, 1.807) is 0 Å². The van der Waals surface area contributed by atoms with Gasteiger partial charge in [-0.1, -0.05) is 37.5 Å². The third-order valence-corrected chi connectivity index (χ3v) is 4.27. The van der Waals surface area contributed by atoms with Crippen molar-refractivity contribution in [1.29, 1.82) is 0 Å². The fourth-order valence-corrected chi connectivity index (χ4v) is 3.09. The Bertz CT molecular complexity index is 578. The summed E-state index contributed by atoms with van der Waals surface area (Å²) in [7, 11) is 1.98. The molecule has 4 nitrogen and oxygen atoms in total. The molecule has 4 heteroatoms. The lowest BCUT2D eigenvalue weighted by molar-refractivity contribution is 0.0181. The van der Waals surface area contributed by atoms with Crippen LogP contribution in [0.2, 0.25) is 0 Å². The predicted molar refractivity (Wildman–Crippen MR) is 80.4 cm³/mol. The molecular formula is C16H23N3O. The number of aromatic nitrogens is 2. The van der Waals surface area contributed by atoms with Crippen molar-refractivity contribution >= 4 is 10.9 Å². The second kappa shape index (κ2) is 5.94. The van der Waals surface area contributed by atoms with Crippen LogP contribution in [0.5, 0.6) is 0 Å². The Morgan fingerprint density at radius 2 is 2.05 bits per heavy atom. The van der Waals surface area contributed by atoms with Gasteiger partial charge in [0.25, 0.3) is 0 Å². The highest BCUT2D eigenvalue weighted by Crippen LogP contribution is 2.22. The summed E-state index contributed by atoms with van der Waals surface area (Å²) in [5, 5.41) is 5.75. The molecule has 1 aromatic carbocycles. The Kier molecular flexibility index (Phi) is 4.03. The highest BCUT2D eigenvalue weighted by molar-refractivity contribution is 5.81. The molecule has 1 saturated carbocycles. The maximum absolute atomic E-state index is 6.21. The van der Waals surface area contributed by atoms with Gasteiger partial charge in [-0.25, -0.2) is 0 Å². The summed E-state index contributed by atoms with van der Waals surface area (Å²) < 4.78 is 8.00. The first-order valence-electron chi connectivity index (χ1n) is 7.53. The summed E-state index contributed by atoms with van der Waals surface area (Å²) >= 11 is 0. The molecule has 0 amide bonds. The van der Waals surface area contributed by atoms with Gasteiger partial charge in [0.05, 0.1) is 23.9 Å². The number of nitrogens with zero attached hydrogens (tertiary/aromatic N) is 2. The zero-order valence-electron chi connectivity index (χ0n) is 12.1. The van der Waals surface area contributed by atoms with E-state index in [-0.39, 0.29) is 12.1 Å². The molecule has 1 fully saturated rings. The Labute approximate surface area is 119 Å². The van der Waals surface area contributed by atoms with Crippen molar-refractivity contribution in [2.45, 2.75) is 50.9 Å². The van der Waals surface area contributed by atoms with Crippen LogP contribution in [0.3, 0.4) is 0 Å². The minimum Gasteiger partial charge on any atom is -0.370 e. The monoisotopic (exact) mass is 273 g/mol. The van der Waals surface area contributed by atoms with Gasteiger partial charge in [0.15, 0.2) is 0 Å². The van der Waals surface area contributed by atoms with E-state index in [4.69, 9.17) is 10.5 Å². The Balaban J connectivity index is 1.73. The molecule has 2 atom stereocenters. The number of aryl methyl sites for hydroxylation is 1. The summed E-state index contributed by atoms with van der Waals surface area (Å²) in [6.07, 6.45) is 6.06. The van der Waals surface area contributed by atoms with Gasteiger partial charge < -0.3 is 10.5 Å². The summed E-state index contributed by atoms with van der Waals surface area (Å²) in [5.74, 6) is 0. The maximum atomic E-state index is 6.21.